The molecular formula is C22H24N4O9S. The number of imidazole rings is 1. The van der Waals surface area contributed by atoms with Gasteiger partial charge in [0.05, 0.1) is 12.0 Å². The van der Waals surface area contributed by atoms with Gasteiger partial charge in [-0.2, -0.15) is 8.42 Å². The molecule has 4 atom stereocenters. The van der Waals surface area contributed by atoms with E-state index in [0.29, 0.717) is 11.5 Å². The van der Waals surface area contributed by atoms with Crippen LogP contribution in [0.1, 0.15) is 25.6 Å². The molecule has 0 N–H and O–H groups in total. The maximum Gasteiger partial charge on any atom is 0.303 e. The largest absolute Gasteiger partial charge is 0.480 e. The normalized spacial score (nSPS) is 21.9. The number of hydrogen-bond acceptors (Lipinski definition) is 12. The molecule has 1 saturated heterocycles. The fourth-order valence-corrected chi connectivity index (χ4v) is 4.89. The molecule has 0 unspecified atom stereocenters. The van der Waals surface area contributed by atoms with Gasteiger partial charge in [0.15, 0.2) is 23.9 Å². The highest BCUT2D eigenvalue weighted by Gasteiger charge is 2.52. The molecule has 3 heterocycles. The van der Waals surface area contributed by atoms with Crippen LogP contribution in [0.15, 0.2) is 41.8 Å². The van der Waals surface area contributed by atoms with Gasteiger partial charge in [-0.3, -0.25) is 18.3 Å². The zero-order valence-electron chi connectivity index (χ0n) is 19.9. The Hall–Kier alpha value is -3.62. The fraction of sp³-hybridized carbons (Fsp3) is 0.409. The number of esters is 2. The van der Waals surface area contributed by atoms with Crippen LogP contribution in [-0.2, 0) is 38.1 Å². The van der Waals surface area contributed by atoms with E-state index in [-0.39, 0.29) is 17.4 Å². The summed E-state index contributed by atoms with van der Waals surface area (Å²) in [7, 11) is -2.95. The SMILES string of the molecule is COc1c2ncnc-2ncn1[C@@H]1O[C@H](COC(C)=O)[C@H](OS(=O)(=O)c2ccc(C)cc2)[C@H]1OC(C)=O. The van der Waals surface area contributed by atoms with Crippen LogP contribution in [0.5, 0.6) is 5.88 Å². The Balaban J connectivity index is 1.77. The van der Waals surface area contributed by atoms with Crippen molar-refractivity contribution < 1.29 is 41.1 Å². The lowest BCUT2D eigenvalue weighted by Gasteiger charge is -2.25. The molecule has 4 rings (SSSR count). The second-order valence-electron chi connectivity index (χ2n) is 7.98. The smallest absolute Gasteiger partial charge is 0.303 e. The highest BCUT2D eigenvalue weighted by molar-refractivity contribution is 7.86. The lowest BCUT2D eigenvalue weighted by molar-refractivity contribution is -0.155. The van der Waals surface area contributed by atoms with Crippen molar-refractivity contribution in [2.45, 2.75) is 50.2 Å². The first-order chi connectivity index (χ1) is 17.1. The first-order valence-electron chi connectivity index (χ1n) is 10.8. The van der Waals surface area contributed by atoms with Crippen molar-refractivity contribution in [3.63, 3.8) is 0 Å². The number of hydrogen-bond donors (Lipinski definition) is 0. The van der Waals surface area contributed by atoms with Gasteiger partial charge in [0.1, 0.15) is 31.5 Å². The predicted molar refractivity (Wildman–Crippen MR) is 120 cm³/mol. The van der Waals surface area contributed by atoms with Crippen molar-refractivity contribution in [1.29, 1.82) is 0 Å². The molecule has 0 radical (unpaired) electrons. The Morgan fingerprint density at radius 3 is 2.42 bits per heavy atom. The van der Waals surface area contributed by atoms with E-state index >= 15 is 0 Å². The van der Waals surface area contributed by atoms with Gasteiger partial charge in [-0.1, -0.05) is 17.7 Å². The summed E-state index contributed by atoms with van der Waals surface area (Å²) < 4.78 is 55.3. The number of ether oxygens (including phenoxy) is 4. The molecule has 36 heavy (non-hydrogen) atoms. The molecule has 3 aliphatic heterocycles. The molecule has 0 amide bonds. The number of aromatic nitrogens is 4. The first kappa shape index (κ1) is 25.5. The fourth-order valence-electron chi connectivity index (χ4n) is 3.79. The molecule has 3 aliphatic rings. The number of fused-ring (bicyclic) bond motifs is 1. The molecule has 14 heteroatoms. The third kappa shape index (κ3) is 5.15. The minimum atomic E-state index is -4.34. The van der Waals surface area contributed by atoms with E-state index in [4.69, 9.17) is 23.1 Å². The summed E-state index contributed by atoms with van der Waals surface area (Å²) in [4.78, 5) is 35.8. The van der Waals surface area contributed by atoms with Crippen LogP contribution in [0.2, 0.25) is 0 Å². The average molecular weight is 521 g/mol. The van der Waals surface area contributed by atoms with E-state index in [2.05, 4.69) is 15.0 Å². The molecule has 0 spiro atoms. The highest BCUT2D eigenvalue weighted by Crippen LogP contribution is 2.39. The Bertz CT molecular complexity index is 1330. The molecule has 1 aromatic carbocycles. The number of benzene rings is 1. The molecule has 13 nitrogen and oxygen atoms in total. The third-order valence-corrected chi connectivity index (χ3v) is 6.70. The minimum Gasteiger partial charge on any atom is -0.480 e. The zero-order chi connectivity index (χ0) is 26.0. The van der Waals surface area contributed by atoms with Gasteiger partial charge in [-0.25, -0.2) is 15.0 Å². The van der Waals surface area contributed by atoms with E-state index in [1.54, 1.807) is 12.1 Å². The topological polar surface area (TPSA) is 158 Å². The van der Waals surface area contributed by atoms with Crippen molar-refractivity contribution in [3.05, 3.63) is 42.5 Å². The van der Waals surface area contributed by atoms with E-state index in [9.17, 15) is 18.0 Å². The van der Waals surface area contributed by atoms with Crippen molar-refractivity contribution in [2.24, 2.45) is 0 Å². The van der Waals surface area contributed by atoms with E-state index in [0.717, 1.165) is 12.5 Å². The molecule has 0 aromatic heterocycles. The van der Waals surface area contributed by atoms with Crippen molar-refractivity contribution >= 4 is 22.1 Å². The highest BCUT2D eigenvalue weighted by atomic mass is 32.2. The Morgan fingerprint density at radius 1 is 1.06 bits per heavy atom. The van der Waals surface area contributed by atoms with E-state index < -0.39 is 46.6 Å². The summed E-state index contributed by atoms with van der Waals surface area (Å²) in [5, 5.41) is 0. The molecule has 0 bridgehead atoms. The van der Waals surface area contributed by atoms with Gasteiger partial charge in [-0.15, -0.1) is 0 Å². The molecule has 1 fully saturated rings. The zero-order valence-corrected chi connectivity index (χ0v) is 20.7. The van der Waals surface area contributed by atoms with Crippen molar-refractivity contribution in [3.8, 4) is 17.4 Å². The first-order valence-corrected chi connectivity index (χ1v) is 12.2. The number of aryl methyl sites for hydroxylation is 1. The van der Waals surface area contributed by atoms with Gasteiger partial charge >= 0.3 is 11.9 Å². The van der Waals surface area contributed by atoms with Crippen LogP contribution in [0.3, 0.4) is 0 Å². The van der Waals surface area contributed by atoms with Gasteiger partial charge in [0.25, 0.3) is 10.1 Å². The van der Waals surface area contributed by atoms with Gasteiger partial charge in [0.2, 0.25) is 5.88 Å². The summed E-state index contributed by atoms with van der Waals surface area (Å²) in [6, 6.07) is 6.02. The maximum atomic E-state index is 13.1. The summed E-state index contributed by atoms with van der Waals surface area (Å²) in [6.45, 7) is 3.80. The van der Waals surface area contributed by atoms with E-state index in [1.165, 1.54) is 43.4 Å². The Kier molecular flexibility index (Phi) is 7.19. The Morgan fingerprint density at radius 2 is 1.78 bits per heavy atom. The lowest BCUT2D eigenvalue weighted by Crippen LogP contribution is -2.41. The Labute approximate surface area is 206 Å². The molecule has 192 valence electrons. The number of methoxy groups -OCH3 is 1. The number of nitrogens with zero attached hydrogens (tertiary/aromatic N) is 4. The van der Waals surface area contributed by atoms with Crippen LogP contribution in [-0.4, -0.2) is 71.9 Å². The summed E-state index contributed by atoms with van der Waals surface area (Å²) in [6.07, 6.45) is -2.37. The number of rotatable bonds is 8. The standard InChI is InChI=1S/C22H24N4O9S/c1-12-5-7-15(8-6-12)36(29,30)35-18-16(9-32-13(2)27)34-22(19(18)33-14(3)28)26-11-25-20-17(21(26)31-4)23-10-24-20/h5-8,10-11,16,18-19,22H,9H2,1-4H3/t16-,18+,19-,22-/m1/s1. The second-order valence-corrected chi connectivity index (χ2v) is 9.55. The van der Waals surface area contributed by atoms with Crippen LogP contribution >= 0.6 is 0 Å². The minimum absolute atomic E-state index is 0.107. The van der Waals surface area contributed by atoms with Crippen molar-refractivity contribution in [2.75, 3.05) is 13.7 Å². The van der Waals surface area contributed by atoms with E-state index in [1.807, 2.05) is 6.92 Å². The average Bonchev–Trinajstić information content (AvgIpc) is 3.42. The lowest BCUT2D eigenvalue weighted by atomic mass is 10.1. The van der Waals surface area contributed by atoms with Gasteiger partial charge in [0, 0.05) is 13.8 Å². The van der Waals surface area contributed by atoms with Gasteiger partial charge in [-0.05, 0) is 19.1 Å². The summed E-state index contributed by atoms with van der Waals surface area (Å²) >= 11 is 0. The quantitative estimate of drug-likeness (QED) is 0.310. The van der Waals surface area contributed by atoms with Gasteiger partial charge < -0.3 is 18.9 Å². The monoisotopic (exact) mass is 520 g/mol. The predicted octanol–water partition coefficient (Wildman–Crippen LogP) is 1.26. The van der Waals surface area contributed by atoms with Crippen LogP contribution < -0.4 is 4.74 Å². The number of carbonyl (C=O) groups is 2. The third-order valence-electron chi connectivity index (χ3n) is 5.37. The maximum absolute atomic E-state index is 13.1. The molecule has 1 aromatic rings. The van der Waals surface area contributed by atoms with Crippen LogP contribution in [0.4, 0.5) is 0 Å². The second kappa shape index (κ2) is 10.2. The molecule has 0 aliphatic carbocycles. The van der Waals surface area contributed by atoms with Crippen LogP contribution in [0, 0.1) is 6.92 Å². The number of carbonyl (C=O) groups excluding carboxylic acids is 2. The molecular weight excluding hydrogens is 496 g/mol. The van der Waals surface area contributed by atoms with Crippen molar-refractivity contribution in [1.82, 2.24) is 19.5 Å². The van der Waals surface area contributed by atoms with Crippen LogP contribution in [0.25, 0.3) is 11.5 Å². The summed E-state index contributed by atoms with van der Waals surface area (Å²) in [5.74, 6) is -0.861. The summed E-state index contributed by atoms with van der Waals surface area (Å²) in [5.41, 5.74) is 1.16. The molecule has 0 saturated carbocycles.